The Morgan fingerprint density at radius 3 is 2.54 bits per heavy atom. The molecule has 256 valence electrons. The quantitative estimate of drug-likeness (QED) is 0.208. The summed E-state index contributed by atoms with van der Waals surface area (Å²) in [6, 6.07) is 15.1. The maximum atomic E-state index is 13.8. The SMILES string of the molecule is COC(OC1CCC2(C)C(CC(OC(=O)C3CCCCC3)C3(C)Oc4cc(-c5cccnc5)oc(=O)c4C(O)C23)C1C)c1ccccc1. The number of carbonyl (C=O) groups is 1. The van der Waals surface area contributed by atoms with E-state index in [1.165, 1.54) is 0 Å². The number of hydrogen-bond acceptors (Lipinski definition) is 9. The maximum Gasteiger partial charge on any atom is 0.345 e. The monoisotopic (exact) mass is 657 g/mol. The van der Waals surface area contributed by atoms with E-state index in [2.05, 4.69) is 18.8 Å². The summed E-state index contributed by atoms with van der Waals surface area (Å²) in [5.74, 6) is -0.315. The highest BCUT2D eigenvalue weighted by Crippen LogP contribution is 2.65. The van der Waals surface area contributed by atoms with Gasteiger partial charge >= 0.3 is 11.6 Å². The van der Waals surface area contributed by atoms with Crippen molar-refractivity contribution in [2.75, 3.05) is 7.11 Å². The van der Waals surface area contributed by atoms with Crippen LogP contribution in [0.3, 0.4) is 0 Å². The first kappa shape index (κ1) is 33.0. The third kappa shape index (κ3) is 5.67. The second-order valence-corrected chi connectivity index (χ2v) is 14.8. The molecule has 4 aliphatic rings. The Morgan fingerprint density at radius 2 is 1.83 bits per heavy atom. The van der Waals surface area contributed by atoms with E-state index in [1.807, 2.05) is 37.3 Å². The van der Waals surface area contributed by atoms with Crippen molar-refractivity contribution in [3.63, 3.8) is 0 Å². The van der Waals surface area contributed by atoms with Gasteiger partial charge in [-0.05, 0) is 68.4 Å². The van der Waals surface area contributed by atoms with E-state index in [9.17, 15) is 14.7 Å². The van der Waals surface area contributed by atoms with Gasteiger partial charge < -0.3 is 28.5 Å². The number of aliphatic hydroxyl groups excluding tert-OH is 1. The van der Waals surface area contributed by atoms with E-state index in [4.69, 9.17) is 23.4 Å². The molecular formula is C39H47NO8. The molecule has 3 aromatic rings. The fourth-order valence-electron chi connectivity index (χ4n) is 9.61. The molecule has 3 heterocycles. The molecule has 1 aliphatic heterocycles. The topological polar surface area (TPSA) is 117 Å². The molecule has 48 heavy (non-hydrogen) atoms. The number of ether oxygens (including phenoxy) is 4. The van der Waals surface area contributed by atoms with Gasteiger partial charge in [0.15, 0.2) is 6.29 Å². The number of esters is 1. The van der Waals surface area contributed by atoms with E-state index >= 15 is 0 Å². The van der Waals surface area contributed by atoms with Crippen LogP contribution in [0.4, 0.5) is 0 Å². The summed E-state index contributed by atoms with van der Waals surface area (Å²) >= 11 is 0. The van der Waals surface area contributed by atoms with Crippen LogP contribution in [0.2, 0.25) is 0 Å². The number of carbonyl (C=O) groups excluding carboxylic acids is 1. The van der Waals surface area contributed by atoms with Crippen LogP contribution in [-0.2, 0) is 19.0 Å². The Balaban J connectivity index is 1.26. The first-order valence-corrected chi connectivity index (χ1v) is 17.5. The average Bonchev–Trinajstić information content (AvgIpc) is 3.09. The second-order valence-electron chi connectivity index (χ2n) is 14.8. The maximum absolute atomic E-state index is 13.8. The smallest absolute Gasteiger partial charge is 0.345 e. The third-order valence-corrected chi connectivity index (χ3v) is 12.1. The number of rotatable bonds is 7. The van der Waals surface area contributed by atoms with Gasteiger partial charge in [0.25, 0.3) is 0 Å². The van der Waals surface area contributed by atoms with Gasteiger partial charge in [0, 0.05) is 42.6 Å². The molecule has 7 rings (SSSR count). The van der Waals surface area contributed by atoms with Gasteiger partial charge in [-0.25, -0.2) is 4.79 Å². The predicted molar refractivity (Wildman–Crippen MR) is 178 cm³/mol. The van der Waals surface area contributed by atoms with Crippen LogP contribution >= 0.6 is 0 Å². The number of pyridine rings is 1. The van der Waals surface area contributed by atoms with Crippen molar-refractivity contribution in [2.45, 2.75) is 102 Å². The minimum atomic E-state index is -1.19. The van der Waals surface area contributed by atoms with Crippen molar-refractivity contribution >= 4 is 5.97 Å². The van der Waals surface area contributed by atoms with Crippen LogP contribution in [0.1, 0.15) is 95.7 Å². The lowest BCUT2D eigenvalue weighted by molar-refractivity contribution is -0.264. The number of benzene rings is 1. The number of methoxy groups -OCH3 is 1. The summed E-state index contributed by atoms with van der Waals surface area (Å²) in [6.07, 6.45) is 7.55. The van der Waals surface area contributed by atoms with Gasteiger partial charge in [0.1, 0.15) is 28.8 Å². The van der Waals surface area contributed by atoms with Crippen molar-refractivity contribution in [3.8, 4) is 17.1 Å². The summed E-state index contributed by atoms with van der Waals surface area (Å²) in [4.78, 5) is 31.6. The Kier molecular flexibility index (Phi) is 8.98. The number of nitrogens with zero attached hydrogens (tertiary/aromatic N) is 1. The molecule has 0 amide bonds. The minimum absolute atomic E-state index is 0.00623. The zero-order valence-electron chi connectivity index (χ0n) is 28.3. The normalized spacial score (nSPS) is 33.8. The molecule has 0 spiro atoms. The lowest BCUT2D eigenvalue weighted by Gasteiger charge is -2.64. The Labute approximate surface area is 282 Å². The zero-order valence-corrected chi connectivity index (χ0v) is 28.3. The fourth-order valence-corrected chi connectivity index (χ4v) is 9.61. The van der Waals surface area contributed by atoms with E-state index in [-0.39, 0.29) is 41.1 Å². The van der Waals surface area contributed by atoms with Crippen LogP contribution in [0, 0.1) is 29.1 Å². The molecule has 3 saturated carbocycles. The van der Waals surface area contributed by atoms with E-state index in [1.54, 1.807) is 37.7 Å². The van der Waals surface area contributed by atoms with Crippen LogP contribution in [0.15, 0.2) is 70.1 Å². The molecule has 3 fully saturated rings. The average molecular weight is 658 g/mol. The second kappa shape index (κ2) is 13.1. The van der Waals surface area contributed by atoms with Crippen LogP contribution in [0.5, 0.6) is 5.75 Å². The molecule has 0 bridgehead atoms. The van der Waals surface area contributed by atoms with Crippen molar-refractivity contribution in [1.29, 1.82) is 0 Å². The molecule has 0 saturated heterocycles. The predicted octanol–water partition coefficient (Wildman–Crippen LogP) is 7.18. The van der Waals surface area contributed by atoms with Gasteiger partial charge in [-0.2, -0.15) is 0 Å². The molecule has 1 N–H and O–H groups in total. The lowest BCUT2D eigenvalue weighted by Crippen LogP contribution is -2.69. The van der Waals surface area contributed by atoms with Crippen LogP contribution in [0.25, 0.3) is 11.3 Å². The van der Waals surface area contributed by atoms with Gasteiger partial charge in [0.2, 0.25) is 0 Å². The number of hydrogen-bond donors (Lipinski definition) is 1. The molecule has 2 aromatic heterocycles. The summed E-state index contributed by atoms with van der Waals surface area (Å²) < 4.78 is 31.6. The molecule has 1 aromatic carbocycles. The highest BCUT2D eigenvalue weighted by Gasteiger charge is 2.68. The molecule has 3 aliphatic carbocycles. The van der Waals surface area contributed by atoms with Crippen LogP contribution in [-0.4, -0.2) is 41.0 Å². The van der Waals surface area contributed by atoms with Crippen molar-refractivity contribution in [3.05, 3.63) is 82.5 Å². The van der Waals surface area contributed by atoms with Crippen molar-refractivity contribution in [1.82, 2.24) is 4.98 Å². The molecule has 9 atom stereocenters. The number of aliphatic hydroxyl groups is 1. The van der Waals surface area contributed by atoms with Gasteiger partial charge in [-0.1, -0.05) is 63.4 Å². The summed E-state index contributed by atoms with van der Waals surface area (Å²) in [7, 11) is 1.65. The first-order chi connectivity index (χ1) is 23.1. The Hall–Kier alpha value is -3.53. The molecule has 9 unspecified atom stereocenters. The first-order valence-electron chi connectivity index (χ1n) is 17.5. The minimum Gasteiger partial charge on any atom is -0.482 e. The van der Waals surface area contributed by atoms with Crippen LogP contribution < -0.4 is 10.4 Å². The van der Waals surface area contributed by atoms with Crippen molar-refractivity contribution in [2.24, 2.45) is 29.1 Å². The van der Waals surface area contributed by atoms with E-state index in [0.29, 0.717) is 17.7 Å². The van der Waals surface area contributed by atoms with Gasteiger partial charge in [0.05, 0.1) is 18.1 Å². The standard InChI is InChI=1S/C39H47NO8/c1-23-27-20-31(47-35(42)24-12-7-5-8-13-24)39(3)34(38(27,2)18-17-28(23)46-37(44-4)25-14-9-6-10-15-25)33(41)32-30(48-39)21-29(45-36(32)43)26-16-11-19-40-22-26/h6,9-11,14-16,19,21-24,27-28,31,33-34,37,41H,5,7-8,12-13,17-18,20H2,1-4H3. The summed E-state index contributed by atoms with van der Waals surface area (Å²) in [6.45, 7) is 6.33. The fraction of sp³-hybridized carbons (Fsp3) is 0.564. The zero-order chi connectivity index (χ0) is 33.6. The Bertz CT molecular complexity index is 1660. The number of fused-ring (bicyclic) bond motifs is 4. The lowest BCUT2D eigenvalue weighted by atomic mass is 9.46. The highest BCUT2D eigenvalue weighted by atomic mass is 16.7. The largest absolute Gasteiger partial charge is 0.482 e. The number of aromatic nitrogens is 1. The van der Waals surface area contributed by atoms with Gasteiger partial charge in [-0.3, -0.25) is 9.78 Å². The van der Waals surface area contributed by atoms with Gasteiger partial charge in [-0.15, -0.1) is 0 Å². The summed E-state index contributed by atoms with van der Waals surface area (Å²) in [5.41, 5.74) is -0.536. The third-order valence-electron chi connectivity index (χ3n) is 12.1. The molecular weight excluding hydrogens is 610 g/mol. The molecule has 9 heteroatoms. The summed E-state index contributed by atoms with van der Waals surface area (Å²) in [5, 5.41) is 12.3. The van der Waals surface area contributed by atoms with E-state index < -0.39 is 41.1 Å². The Morgan fingerprint density at radius 1 is 1.06 bits per heavy atom. The molecule has 9 nitrogen and oxygen atoms in total. The van der Waals surface area contributed by atoms with E-state index in [0.717, 1.165) is 50.5 Å². The van der Waals surface area contributed by atoms with Crippen molar-refractivity contribution < 1.29 is 33.3 Å². The molecule has 0 radical (unpaired) electrons. The highest BCUT2D eigenvalue weighted by molar-refractivity contribution is 5.73.